The molecule has 0 aliphatic rings. The Morgan fingerprint density at radius 2 is 1.96 bits per heavy atom. The molecule has 0 unspecified atom stereocenters. The molecule has 2 heterocycles. The highest BCUT2D eigenvalue weighted by Crippen LogP contribution is 2.27. The Hall–Kier alpha value is -2.67. The smallest absolute Gasteiger partial charge is 0.331 e. The molecule has 0 aliphatic heterocycles. The van der Waals surface area contributed by atoms with Gasteiger partial charge in [-0.3, -0.25) is 9.36 Å². The number of fused-ring (bicyclic) bond motifs is 1. The zero-order chi connectivity index (χ0) is 18.7. The quantitative estimate of drug-likeness (QED) is 0.489. The Labute approximate surface area is 155 Å². The van der Waals surface area contributed by atoms with Crippen molar-refractivity contribution < 1.29 is 14.3 Å². The van der Waals surface area contributed by atoms with Crippen molar-refractivity contribution in [2.24, 2.45) is 0 Å². The summed E-state index contributed by atoms with van der Waals surface area (Å²) in [5, 5.41) is 0.564. The van der Waals surface area contributed by atoms with Gasteiger partial charge >= 0.3 is 5.97 Å². The second-order valence-corrected chi connectivity index (χ2v) is 7.11. The lowest BCUT2D eigenvalue weighted by atomic mass is 10.2. The Balaban J connectivity index is 1.81. The molecule has 0 amide bonds. The normalized spacial score (nSPS) is 10.9. The van der Waals surface area contributed by atoms with Crippen molar-refractivity contribution in [3.8, 4) is 11.5 Å². The van der Waals surface area contributed by atoms with Crippen LogP contribution in [0.4, 0.5) is 0 Å². The lowest BCUT2D eigenvalue weighted by molar-refractivity contribution is -0.135. The van der Waals surface area contributed by atoms with Gasteiger partial charge in [0, 0.05) is 4.88 Å². The molecule has 26 heavy (non-hydrogen) atoms. The Morgan fingerprint density at radius 1 is 1.23 bits per heavy atom. The van der Waals surface area contributed by atoms with Gasteiger partial charge in [0.15, 0.2) is 11.5 Å². The van der Waals surface area contributed by atoms with Crippen molar-refractivity contribution >= 4 is 27.5 Å². The maximum Gasteiger partial charge on any atom is 0.331 e. The lowest BCUT2D eigenvalue weighted by Crippen LogP contribution is -2.27. The fourth-order valence-corrected chi connectivity index (χ4v) is 3.53. The molecule has 7 heteroatoms. The Kier molecular flexibility index (Phi) is 5.37. The predicted molar refractivity (Wildman–Crippen MR) is 101 cm³/mol. The number of hydrogen-bond acceptors (Lipinski definition) is 6. The number of thiophene rings is 1. The molecular weight excluding hydrogens is 352 g/mol. The van der Waals surface area contributed by atoms with Crippen LogP contribution in [0.15, 0.2) is 35.4 Å². The van der Waals surface area contributed by atoms with Gasteiger partial charge in [0.2, 0.25) is 0 Å². The summed E-state index contributed by atoms with van der Waals surface area (Å²) in [6.07, 6.45) is 2.24. The van der Waals surface area contributed by atoms with E-state index in [1.165, 1.54) is 22.2 Å². The maximum absolute atomic E-state index is 12.7. The van der Waals surface area contributed by atoms with E-state index in [1.807, 2.05) is 26.8 Å². The third kappa shape index (κ3) is 3.62. The summed E-state index contributed by atoms with van der Waals surface area (Å²) in [6.45, 7) is 6.16. The van der Waals surface area contributed by atoms with E-state index in [1.54, 1.807) is 18.2 Å². The first-order valence-electron chi connectivity index (χ1n) is 8.39. The van der Waals surface area contributed by atoms with Gasteiger partial charge in [-0.15, -0.1) is 11.3 Å². The summed E-state index contributed by atoms with van der Waals surface area (Å²) in [4.78, 5) is 31.0. The number of carbonyl (C=O) groups is 1. The molecule has 2 aromatic heterocycles. The van der Waals surface area contributed by atoms with Gasteiger partial charge in [-0.1, -0.05) is 19.1 Å². The van der Waals surface area contributed by atoms with E-state index < -0.39 is 5.97 Å². The van der Waals surface area contributed by atoms with Crippen LogP contribution >= 0.6 is 11.3 Å². The molecule has 0 radical (unpaired) electrons. The molecule has 0 spiro atoms. The second-order valence-electron chi connectivity index (χ2n) is 5.91. The fourth-order valence-electron chi connectivity index (χ4n) is 2.54. The number of benzene rings is 1. The van der Waals surface area contributed by atoms with E-state index in [0.29, 0.717) is 28.3 Å². The van der Waals surface area contributed by atoms with Crippen LogP contribution in [0.5, 0.6) is 11.5 Å². The molecule has 0 aliphatic carbocycles. The van der Waals surface area contributed by atoms with Crippen LogP contribution in [-0.2, 0) is 11.3 Å². The van der Waals surface area contributed by atoms with Gasteiger partial charge in [-0.2, -0.15) is 0 Å². The predicted octanol–water partition coefficient (Wildman–Crippen LogP) is 3.47. The lowest BCUT2D eigenvalue weighted by Gasteiger charge is -2.11. The molecule has 136 valence electrons. The second kappa shape index (κ2) is 7.70. The highest BCUT2D eigenvalue weighted by atomic mass is 32.1. The summed E-state index contributed by atoms with van der Waals surface area (Å²) in [7, 11) is 0. The van der Waals surface area contributed by atoms with Gasteiger partial charge in [0.05, 0.1) is 18.3 Å². The zero-order valence-electron chi connectivity index (χ0n) is 14.9. The average molecular weight is 372 g/mol. The summed E-state index contributed by atoms with van der Waals surface area (Å²) in [5.41, 5.74) is 0.674. The van der Waals surface area contributed by atoms with E-state index in [9.17, 15) is 9.59 Å². The number of esters is 1. The number of aromatic nitrogens is 2. The van der Waals surface area contributed by atoms with Crippen LogP contribution < -0.4 is 15.0 Å². The first-order chi connectivity index (χ1) is 12.5. The summed E-state index contributed by atoms with van der Waals surface area (Å²) in [6, 6.07) is 6.99. The third-order valence-electron chi connectivity index (χ3n) is 3.99. The van der Waals surface area contributed by atoms with E-state index >= 15 is 0 Å². The molecule has 6 nitrogen and oxygen atoms in total. The topological polar surface area (TPSA) is 70.4 Å². The highest BCUT2D eigenvalue weighted by Gasteiger charge is 2.15. The zero-order valence-corrected chi connectivity index (χ0v) is 15.8. The number of nitrogens with zero attached hydrogens (tertiary/aromatic N) is 2. The first kappa shape index (κ1) is 18.1. The van der Waals surface area contributed by atoms with Crippen molar-refractivity contribution in [1.82, 2.24) is 9.55 Å². The van der Waals surface area contributed by atoms with E-state index in [2.05, 4.69) is 4.98 Å². The number of para-hydroxylation sites is 2. The number of aryl methyl sites for hydroxylation is 2. The van der Waals surface area contributed by atoms with E-state index in [-0.39, 0.29) is 12.1 Å². The van der Waals surface area contributed by atoms with Crippen LogP contribution in [0.3, 0.4) is 0 Å². The maximum atomic E-state index is 12.7. The molecular formula is C19H20N2O4S. The summed E-state index contributed by atoms with van der Waals surface area (Å²) < 4.78 is 12.3. The molecule has 3 aromatic rings. The van der Waals surface area contributed by atoms with Crippen molar-refractivity contribution in [3.63, 3.8) is 0 Å². The van der Waals surface area contributed by atoms with Gasteiger partial charge in [0.1, 0.15) is 11.4 Å². The van der Waals surface area contributed by atoms with Crippen LogP contribution in [0.1, 0.15) is 23.8 Å². The van der Waals surface area contributed by atoms with Crippen LogP contribution in [0.2, 0.25) is 0 Å². The van der Waals surface area contributed by atoms with Crippen molar-refractivity contribution in [2.45, 2.75) is 33.7 Å². The Bertz CT molecular complexity index is 1010. The first-order valence-corrected chi connectivity index (χ1v) is 9.20. The largest absolute Gasteiger partial charge is 0.490 e. The number of rotatable bonds is 6. The average Bonchev–Trinajstić information content (AvgIpc) is 2.91. The van der Waals surface area contributed by atoms with Crippen LogP contribution in [0, 0.1) is 13.8 Å². The van der Waals surface area contributed by atoms with Gasteiger partial charge in [-0.25, -0.2) is 9.78 Å². The highest BCUT2D eigenvalue weighted by molar-refractivity contribution is 7.18. The number of ether oxygens (including phenoxy) is 2. The van der Waals surface area contributed by atoms with Crippen molar-refractivity contribution in [3.05, 3.63) is 51.4 Å². The van der Waals surface area contributed by atoms with Crippen molar-refractivity contribution in [2.75, 3.05) is 6.61 Å². The van der Waals surface area contributed by atoms with Crippen LogP contribution in [0.25, 0.3) is 10.2 Å². The Morgan fingerprint density at radius 3 is 2.69 bits per heavy atom. The fraction of sp³-hybridized carbons (Fsp3) is 0.316. The minimum absolute atomic E-state index is 0.210. The standard InChI is InChI=1S/C19H20N2O4S/c1-4-9-24-14-7-5-6-8-15(14)25-16(22)10-21-11-20-18-17(19(21)23)12(2)13(3)26-18/h5-8,11H,4,9-10H2,1-3H3. The molecule has 0 fully saturated rings. The van der Waals surface area contributed by atoms with Gasteiger partial charge in [0.25, 0.3) is 5.56 Å². The molecule has 0 bridgehead atoms. The molecule has 1 aromatic carbocycles. The molecule has 0 saturated carbocycles. The monoisotopic (exact) mass is 372 g/mol. The SMILES string of the molecule is CCCOc1ccccc1OC(=O)Cn1cnc2sc(C)c(C)c2c1=O. The third-order valence-corrected chi connectivity index (χ3v) is 5.11. The van der Waals surface area contributed by atoms with E-state index in [4.69, 9.17) is 9.47 Å². The number of hydrogen-bond donors (Lipinski definition) is 0. The molecule has 0 N–H and O–H groups in total. The van der Waals surface area contributed by atoms with Gasteiger partial charge < -0.3 is 9.47 Å². The van der Waals surface area contributed by atoms with Gasteiger partial charge in [-0.05, 0) is 38.0 Å². The van der Waals surface area contributed by atoms with Crippen LogP contribution in [-0.4, -0.2) is 22.1 Å². The molecule has 0 atom stereocenters. The minimum atomic E-state index is -0.551. The van der Waals surface area contributed by atoms with Crippen molar-refractivity contribution in [1.29, 1.82) is 0 Å². The summed E-state index contributed by atoms with van der Waals surface area (Å²) in [5.74, 6) is 0.300. The minimum Gasteiger partial charge on any atom is -0.490 e. The molecule has 3 rings (SSSR count). The summed E-state index contributed by atoms with van der Waals surface area (Å²) >= 11 is 1.48. The number of carbonyl (C=O) groups excluding carboxylic acids is 1. The van der Waals surface area contributed by atoms with E-state index in [0.717, 1.165) is 16.9 Å². The molecule has 0 saturated heterocycles.